The maximum absolute atomic E-state index is 12.5. The molecule has 0 aliphatic heterocycles. The normalized spacial score (nSPS) is 16.8. The molecule has 0 N–H and O–H groups in total. The molecule has 1 aromatic rings. The number of hydrogen-bond acceptors (Lipinski definition) is 4. The molecule has 1 saturated carbocycles. The molecule has 1 aromatic heterocycles. The molecule has 0 amide bonds. The third-order valence-electron chi connectivity index (χ3n) is 4.25. The highest BCUT2D eigenvalue weighted by atomic mass is 16.5. The largest absolute Gasteiger partial charge is 0.461 e. The van der Waals surface area contributed by atoms with E-state index in [2.05, 4.69) is 0 Å². The van der Waals surface area contributed by atoms with E-state index in [0.29, 0.717) is 12.1 Å². The lowest BCUT2D eigenvalue weighted by molar-refractivity contribution is -0.154. The minimum atomic E-state index is -0.664. The van der Waals surface area contributed by atoms with Crippen LogP contribution in [-0.4, -0.2) is 16.6 Å². The van der Waals surface area contributed by atoms with Gasteiger partial charge in [0.25, 0.3) is 5.56 Å². The molecule has 5 heteroatoms. The van der Waals surface area contributed by atoms with Crippen molar-refractivity contribution in [2.75, 3.05) is 0 Å². The Morgan fingerprint density at radius 2 is 2.09 bits per heavy atom. The van der Waals surface area contributed by atoms with Gasteiger partial charge in [0.2, 0.25) is 0 Å². The third-order valence-corrected chi connectivity index (χ3v) is 4.25. The first-order valence-electron chi connectivity index (χ1n) is 7.91. The van der Waals surface area contributed by atoms with Crippen LogP contribution in [0.3, 0.4) is 0 Å². The van der Waals surface area contributed by atoms with Crippen LogP contribution in [0.25, 0.3) is 0 Å². The Bertz CT molecular complexity index is 636. The van der Waals surface area contributed by atoms with Crippen LogP contribution in [0.15, 0.2) is 16.9 Å². The van der Waals surface area contributed by atoms with E-state index in [4.69, 9.17) is 10.00 Å². The summed E-state index contributed by atoms with van der Waals surface area (Å²) in [6, 6.07) is 4.40. The van der Waals surface area contributed by atoms with Crippen LogP contribution in [0, 0.1) is 18.3 Å². The average Bonchev–Trinajstić information content (AvgIpc) is 2.52. The zero-order valence-electron chi connectivity index (χ0n) is 13.2. The summed E-state index contributed by atoms with van der Waals surface area (Å²) in [5, 5.41) is 9.01. The molecule has 1 atom stereocenters. The Hall–Kier alpha value is -2.09. The van der Waals surface area contributed by atoms with Gasteiger partial charge in [-0.2, -0.15) is 5.26 Å². The van der Waals surface area contributed by atoms with Crippen LogP contribution in [-0.2, 0) is 9.53 Å². The first kappa shape index (κ1) is 16.3. The Morgan fingerprint density at radius 3 is 2.68 bits per heavy atom. The highest BCUT2D eigenvalue weighted by molar-refractivity contribution is 5.74. The van der Waals surface area contributed by atoms with Crippen molar-refractivity contribution in [3.05, 3.63) is 33.7 Å². The van der Waals surface area contributed by atoms with Gasteiger partial charge in [-0.05, 0) is 51.2 Å². The summed E-state index contributed by atoms with van der Waals surface area (Å²) < 4.78 is 6.99. The van der Waals surface area contributed by atoms with Gasteiger partial charge in [-0.25, -0.2) is 4.79 Å². The number of ether oxygens (including phenoxy) is 1. The van der Waals surface area contributed by atoms with Crippen molar-refractivity contribution < 1.29 is 9.53 Å². The number of nitrogens with zero attached hydrogens (tertiary/aromatic N) is 2. The predicted molar refractivity (Wildman–Crippen MR) is 82.4 cm³/mol. The Morgan fingerprint density at radius 1 is 1.41 bits per heavy atom. The smallest absolute Gasteiger partial charge is 0.329 e. The molecule has 1 fully saturated rings. The quantitative estimate of drug-likeness (QED) is 0.802. The van der Waals surface area contributed by atoms with Gasteiger partial charge in [-0.1, -0.05) is 13.3 Å². The van der Waals surface area contributed by atoms with Gasteiger partial charge in [0.15, 0.2) is 0 Å². The maximum atomic E-state index is 12.5. The lowest BCUT2D eigenvalue weighted by atomic mass is 9.98. The molecule has 0 spiro atoms. The molecule has 1 unspecified atom stereocenters. The number of aromatic nitrogens is 1. The summed E-state index contributed by atoms with van der Waals surface area (Å²) in [7, 11) is 0. The van der Waals surface area contributed by atoms with Gasteiger partial charge >= 0.3 is 5.97 Å². The van der Waals surface area contributed by atoms with E-state index in [9.17, 15) is 9.59 Å². The fourth-order valence-corrected chi connectivity index (χ4v) is 3.00. The summed E-state index contributed by atoms with van der Waals surface area (Å²) in [6.45, 7) is 3.61. The van der Waals surface area contributed by atoms with Gasteiger partial charge < -0.3 is 4.74 Å². The first-order valence-corrected chi connectivity index (χ1v) is 7.91. The molecule has 1 aliphatic carbocycles. The Kier molecular flexibility index (Phi) is 5.37. The molecular formula is C17H22N2O3. The number of rotatable bonds is 4. The Balaban J connectivity index is 2.26. The predicted octanol–water partition coefficient (Wildman–Crippen LogP) is 2.86. The van der Waals surface area contributed by atoms with Crippen molar-refractivity contribution in [1.29, 1.82) is 5.26 Å². The standard InChI is InChI=1S/C17H22N2O3/c1-3-15(17(21)22-14-7-5-4-6-8-14)19-12(2)9-10-13(11-18)16(19)20/h9-10,14-15H,3-8H2,1-2H3. The molecule has 2 rings (SSSR count). The highest BCUT2D eigenvalue weighted by Gasteiger charge is 2.27. The van der Waals surface area contributed by atoms with Gasteiger partial charge in [-0.15, -0.1) is 0 Å². The van der Waals surface area contributed by atoms with Gasteiger partial charge in [0.05, 0.1) is 0 Å². The maximum Gasteiger partial charge on any atom is 0.329 e. The van der Waals surface area contributed by atoms with Crippen LogP contribution in [0.1, 0.15) is 62.7 Å². The highest BCUT2D eigenvalue weighted by Crippen LogP contribution is 2.23. The van der Waals surface area contributed by atoms with Gasteiger partial charge in [-0.3, -0.25) is 9.36 Å². The fraction of sp³-hybridized carbons (Fsp3) is 0.588. The number of pyridine rings is 1. The summed E-state index contributed by atoms with van der Waals surface area (Å²) in [4.78, 5) is 24.8. The van der Waals surface area contributed by atoms with Gasteiger partial charge in [0.1, 0.15) is 23.8 Å². The molecule has 22 heavy (non-hydrogen) atoms. The lowest BCUT2D eigenvalue weighted by Crippen LogP contribution is -2.35. The van der Waals surface area contributed by atoms with Crippen LogP contribution in [0.5, 0.6) is 0 Å². The topological polar surface area (TPSA) is 72.1 Å². The number of aryl methyl sites for hydroxylation is 1. The number of carbonyl (C=O) groups excluding carboxylic acids is 1. The van der Waals surface area contributed by atoms with E-state index < -0.39 is 11.6 Å². The van der Waals surface area contributed by atoms with Crippen LogP contribution in [0.4, 0.5) is 0 Å². The van der Waals surface area contributed by atoms with Crippen molar-refractivity contribution >= 4 is 5.97 Å². The van der Waals surface area contributed by atoms with Crippen LogP contribution < -0.4 is 5.56 Å². The molecule has 5 nitrogen and oxygen atoms in total. The molecule has 0 saturated heterocycles. The summed E-state index contributed by atoms with van der Waals surface area (Å²) in [5.41, 5.74) is 0.293. The average molecular weight is 302 g/mol. The summed E-state index contributed by atoms with van der Waals surface area (Å²) in [6.07, 6.45) is 5.57. The number of carbonyl (C=O) groups is 1. The van der Waals surface area contributed by atoms with E-state index in [-0.39, 0.29) is 17.6 Å². The molecule has 1 aliphatic rings. The molecular weight excluding hydrogens is 280 g/mol. The summed E-state index contributed by atoms with van der Waals surface area (Å²) >= 11 is 0. The van der Waals surface area contributed by atoms with Crippen molar-refractivity contribution in [3.63, 3.8) is 0 Å². The fourth-order valence-electron chi connectivity index (χ4n) is 3.00. The summed E-state index contributed by atoms with van der Waals surface area (Å²) in [5.74, 6) is -0.366. The molecule has 0 aromatic carbocycles. The van der Waals surface area contributed by atoms with Crippen LogP contribution in [0.2, 0.25) is 0 Å². The number of nitriles is 1. The van der Waals surface area contributed by atoms with E-state index in [1.165, 1.54) is 17.1 Å². The molecule has 0 radical (unpaired) electrons. The van der Waals surface area contributed by atoms with E-state index in [1.54, 1.807) is 13.0 Å². The van der Waals surface area contributed by atoms with E-state index in [1.807, 2.05) is 13.0 Å². The third kappa shape index (κ3) is 3.38. The molecule has 118 valence electrons. The van der Waals surface area contributed by atoms with Crippen molar-refractivity contribution in [2.24, 2.45) is 0 Å². The lowest BCUT2D eigenvalue weighted by Gasteiger charge is -2.26. The zero-order chi connectivity index (χ0) is 16.1. The van der Waals surface area contributed by atoms with Crippen LogP contribution >= 0.6 is 0 Å². The minimum absolute atomic E-state index is 0.0366. The van der Waals surface area contributed by atoms with E-state index >= 15 is 0 Å². The zero-order valence-corrected chi connectivity index (χ0v) is 13.2. The van der Waals surface area contributed by atoms with Crippen molar-refractivity contribution in [2.45, 2.75) is 64.5 Å². The molecule has 1 heterocycles. The Labute approximate surface area is 130 Å². The van der Waals surface area contributed by atoms with Crippen molar-refractivity contribution in [3.8, 4) is 6.07 Å². The second kappa shape index (κ2) is 7.26. The molecule has 0 bridgehead atoms. The number of esters is 1. The monoisotopic (exact) mass is 302 g/mol. The SMILES string of the molecule is CCC(C(=O)OC1CCCCC1)n1c(C)ccc(C#N)c1=O. The number of hydrogen-bond donors (Lipinski definition) is 0. The minimum Gasteiger partial charge on any atom is -0.461 e. The first-order chi connectivity index (χ1) is 10.6. The van der Waals surface area contributed by atoms with Gasteiger partial charge in [0, 0.05) is 5.69 Å². The van der Waals surface area contributed by atoms with E-state index in [0.717, 1.165) is 25.7 Å². The van der Waals surface area contributed by atoms with Crippen molar-refractivity contribution in [1.82, 2.24) is 4.57 Å². The second-order valence-corrected chi connectivity index (χ2v) is 5.80. The second-order valence-electron chi connectivity index (χ2n) is 5.80.